The van der Waals surface area contributed by atoms with Crippen LogP contribution in [0.4, 0.5) is 8.78 Å². The van der Waals surface area contributed by atoms with Gasteiger partial charge in [0, 0.05) is 23.2 Å². The molecular formula is C22H19F2N3O2. The molecule has 1 aliphatic rings. The number of aromatic carboxylic acids is 1. The number of aromatic nitrogens is 3. The monoisotopic (exact) mass is 395 g/mol. The lowest BCUT2D eigenvalue weighted by atomic mass is 9.78. The number of carboxylic acid groups (broad SMARTS) is 1. The number of carbonyl (C=O) groups is 1. The Kier molecular flexibility index (Phi) is 5.29. The number of hydrogen-bond donors (Lipinski definition) is 1. The van der Waals surface area contributed by atoms with Crippen LogP contribution in [0.1, 0.15) is 59.4 Å². The van der Waals surface area contributed by atoms with Crippen LogP contribution in [0.15, 0.2) is 48.5 Å². The summed E-state index contributed by atoms with van der Waals surface area (Å²) in [6, 6.07) is 12.9. The number of hydrogen-bond acceptors (Lipinski definition) is 4. The third-order valence-corrected chi connectivity index (χ3v) is 5.36. The van der Waals surface area contributed by atoms with E-state index in [-0.39, 0.29) is 23.1 Å². The van der Waals surface area contributed by atoms with Crippen LogP contribution < -0.4 is 0 Å². The molecule has 2 unspecified atom stereocenters. The zero-order valence-electron chi connectivity index (χ0n) is 15.6. The van der Waals surface area contributed by atoms with Crippen LogP contribution in [-0.2, 0) is 0 Å². The SMILES string of the molecule is O=C(O)c1cccc(C2CCCC(c3cccc(-c4ccc(F)nc4F)n3)C2)n1. The maximum atomic E-state index is 14.0. The Morgan fingerprint density at radius 2 is 1.59 bits per heavy atom. The Balaban J connectivity index is 1.59. The molecule has 2 atom stereocenters. The van der Waals surface area contributed by atoms with Crippen LogP contribution in [0.3, 0.4) is 0 Å². The second kappa shape index (κ2) is 8.03. The third-order valence-electron chi connectivity index (χ3n) is 5.36. The van der Waals surface area contributed by atoms with Gasteiger partial charge in [-0.05, 0) is 55.7 Å². The number of halogens is 2. The Morgan fingerprint density at radius 1 is 0.897 bits per heavy atom. The molecule has 0 aromatic carbocycles. The van der Waals surface area contributed by atoms with Gasteiger partial charge in [-0.25, -0.2) is 9.78 Å². The first kappa shape index (κ1) is 19.1. The highest BCUT2D eigenvalue weighted by atomic mass is 19.1. The normalized spacial score (nSPS) is 19.1. The fourth-order valence-electron chi connectivity index (χ4n) is 3.96. The molecule has 1 fully saturated rings. The highest BCUT2D eigenvalue weighted by Crippen LogP contribution is 2.40. The van der Waals surface area contributed by atoms with Gasteiger partial charge in [-0.2, -0.15) is 13.8 Å². The molecule has 0 radical (unpaired) electrons. The van der Waals surface area contributed by atoms with Gasteiger partial charge in [-0.1, -0.05) is 18.6 Å². The summed E-state index contributed by atoms with van der Waals surface area (Å²) in [5.41, 5.74) is 2.24. The first-order valence-corrected chi connectivity index (χ1v) is 9.51. The van der Waals surface area contributed by atoms with E-state index >= 15 is 0 Å². The zero-order chi connectivity index (χ0) is 20.4. The minimum atomic E-state index is -1.04. The lowest BCUT2D eigenvalue weighted by Crippen LogP contribution is -2.16. The van der Waals surface area contributed by atoms with Crippen molar-refractivity contribution in [1.82, 2.24) is 15.0 Å². The Hall–Kier alpha value is -3.22. The van der Waals surface area contributed by atoms with Gasteiger partial charge < -0.3 is 5.11 Å². The van der Waals surface area contributed by atoms with E-state index in [0.29, 0.717) is 5.69 Å². The average molecular weight is 395 g/mol. The molecule has 1 aliphatic carbocycles. The second-order valence-electron chi connectivity index (χ2n) is 7.23. The minimum absolute atomic E-state index is 0.0454. The van der Waals surface area contributed by atoms with Crippen LogP contribution in [0.5, 0.6) is 0 Å². The smallest absolute Gasteiger partial charge is 0.354 e. The molecule has 0 spiro atoms. The van der Waals surface area contributed by atoms with Crippen molar-refractivity contribution in [3.63, 3.8) is 0 Å². The molecule has 148 valence electrons. The van der Waals surface area contributed by atoms with Gasteiger partial charge in [-0.15, -0.1) is 0 Å². The maximum Gasteiger partial charge on any atom is 0.354 e. The molecular weight excluding hydrogens is 376 g/mol. The summed E-state index contributed by atoms with van der Waals surface area (Å²) in [6.07, 6.45) is 3.63. The predicted octanol–water partition coefficient (Wildman–Crippen LogP) is 4.96. The molecule has 4 rings (SSSR count). The third kappa shape index (κ3) is 4.13. The van der Waals surface area contributed by atoms with Crippen molar-refractivity contribution in [2.75, 3.05) is 0 Å². The van der Waals surface area contributed by atoms with Crippen LogP contribution in [0.2, 0.25) is 0 Å². The van der Waals surface area contributed by atoms with Crippen LogP contribution in [-0.4, -0.2) is 26.0 Å². The first-order chi connectivity index (χ1) is 14.0. The largest absolute Gasteiger partial charge is 0.477 e. The average Bonchev–Trinajstić information content (AvgIpc) is 2.74. The van der Waals surface area contributed by atoms with E-state index in [4.69, 9.17) is 0 Å². The second-order valence-corrected chi connectivity index (χ2v) is 7.23. The number of rotatable bonds is 4. The summed E-state index contributed by atoms with van der Waals surface area (Å²) in [6.45, 7) is 0. The zero-order valence-corrected chi connectivity index (χ0v) is 15.6. The summed E-state index contributed by atoms with van der Waals surface area (Å²) < 4.78 is 27.2. The van der Waals surface area contributed by atoms with Crippen molar-refractivity contribution in [2.24, 2.45) is 0 Å². The summed E-state index contributed by atoms with van der Waals surface area (Å²) in [4.78, 5) is 23.4. The van der Waals surface area contributed by atoms with Gasteiger partial charge in [0.1, 0.15) is 5.69 Å². The minimum Gasteiger partial charge on any atom is -0.477 e. The standard InChI is InChI=1S/C22H19F2N3O2/c23-20-11-10-15(21(24)27-20)18-8-2-6-16(25-18)13-4-1-5-14(12-13)17-7-3-9-19(26-17)22(28)29/h2-3,6-11,13-14H,1,4-5,12H2,(H,28,29). The van der Waals surface area contributed by atoms with E-state index in [9.17, 15) is 18.7 Å². The molecule has 29 heavy (non-hydrogen) atoms. The lowest BCUT2D eigenvalue weighted by Gasteiger charge is -2.28. The van der Waals surface area contributed by atoms with E-state index in [1.165, 1.54) is 12.1 Å². The van der Waals surface area contributed by atoms with Crippen molar-refractivity contribution in [2.45, 2.75) is 37.5 Å². The van der Waals surface area contributed by atoms with E-state index < -0.39 is 17.9 Å². The quantitative estimate of drug-likeness (QED) is 0.632. The number of carboxylic acids is 1. The van der Waals surface area contributed by atoms with Gasteiger partial charge in [-0.3, -0.25) is 4.98 Å². The van der Waals surface area contributed by atoms with Crippen molar-refractivity contribution in [3.05, 3.63) is 77.5 Å². The molecule has 5 nitrogen and oxygen atoms in total. The lowest BCUT2D eigenvalue weighted by molar-refractivity contribution is 0.0690. The van der Waals surface area contributed by atoms with Gasteiger partial charge in [0.2, 0.25) is 11.9 Å². The predicted molar refractivity (Wildman–Crippen MR) is 103 cm³/mol. The summed E-state index contributed by atoms with van der Waals surface area (Å²) in [7, 11) is 0. The van der Waals surface area contributed by atoms with Gasteiger partial charge in [0.15, 0.2) is 0 Å². The molecule has 7 heteroatoms. The number of nitrogens with zero attached hydrogens (tertiary/aromatic N) is 3. The van der Waals surface area contributed by atoms with Crippen molar-refractivity contribution in [3.8, 4) is 11.3 Å². The molecule has 3 aromatic rings. The molecule has 1 N–H and O–H groups in total. The van der Waals surface area contributed by atoms with E-state index in [0.717, 1.165) is 43.1 Å². The van der Waals surface area contributed by atoms with Gasteiger partial charge in [0.05, 0.1) is 11.3 Å². The number of pyridine rings is 3. The highest BCUT2D eigenvalue weighted by Gasteiger charge is 2.27. The Labute approximate surface area is 166 Å². The molecule has 3 heterocycles. The van der Waals surface area contributed by atoms with Crippen LogP contribution in [0.25, 0.3) is 11.3 Å². The molecule has 0 saturated heterocycles. The molecule has 3 aromatic heterocycles. The molecule has 0 bridgehead atoms. The maximum absolute atomic E-state index is 14.0. The summed E-state index contributed by atoms with van der Waals surface area (Å²) in [5.74, 6) is -2.49. The van der Waals surface area contributed by atoms with Crippen LogP contribution in [0, 0.1) is 11.9 Å². The summed E-state index contributed by atoms with van der Waals surface area (Å²) >= 11 is 0. The first-order valence-electron chi connectivity index (χ1n) is 9.51. The van der Waals surface area contributed by atoms with E-state index in [2.05, 4.69) is 15.0 Å². The highest BCUT2D eigenvalue weighted by molar-refractivity contribution is 5.85. The van der Waals surface area contributed by atoms with Gasteiger partial charge in [0.25, 0.3) is 0 Å². The Morgan fingerprint density at radius 3 is 2.28 bits per heavy atom. The van der Waals surface area contributed by atoms with Crippen LogP contribution >= 0.6 is 0 Å². The molecule has 0 aliphatic heterocycles. The topological polar surface area (TPSA) is 76.0 Å². The fraction of sp³-hybridized carbons (Fsp3) is 0.273. The van der Waals surface area contributed by atoms with E-state index in [1.807, 2.05) is 18.2 Å². The Bertz CT molecular complexity index is 1060. The van der Waals surface area contributed by atoms with E-state index in [1.54, 1.807) is 12.1 Å². The van der Waals surface area contributed by atoms with Gasteiger partial charge >= 0.3 is 5.97 Å². The van der Waals surface area contributed by atoms with Crippen molar-refractivity contribution in [1.29, 1.82) is 0 Å². The van der Waals surface area contributed by atoms with Crippen molar-refractivity contribution >= 4 is 5.97 Å². The fourth-order valence-corrected chi connectivity index (χ4v) is 3.96. The molecule has 0 amide bonds. The summed E-state index contributed by atoms with van der Waals surface area (Å²) in [5, 5.41) is 9.18. The van der Waals surface area contributed by atoms with Crippen molar-refractivity contribution < 1.29 is 18.7 Å². The molecule has 1 saturated carbocycles.